The molecular formula is C42H28N2. The fraction of sp³-hybridized carbons (Fsp3) is 0. The van der Waals surface area contributed by atoms with E-state index in [1.165, 1.54) is 71.6 Å². The van der Waals surface area contributed by atoms with E-state index in [0.29, 0.717) is 0 Å². The van der Waals surface area contributed by atoms with E-state index in [1.54, 1.807) is 0 Å². The van der Waals surface area contributed by atoms with Crippen LogP contribution in [0.3, 0.4) is 0 Å². The first-order valence-corrected chi connectivity index (χ1v) is 15.1. The topological polar surface area (TPSA) is 9.86 Å². The van der Waals surface area contributed by atoms with Gasteiger partial charge < -0.3 is 9.13 Å². The van der Waals surface area contributed by atoms with Crippen molar-refractivity contribution in [1.82, 2.24) is 9.13 Å². The van der Waals surface area contributed by atoms with E-state index in [2.05, 4.69) is 179 Å². The first kappa shape index (κ1) is 24.7. The van der Waals surface area contributed by atoms with E-state index in [-0.39, 0.29) is 0 Å². The van der Waals surface area contributed by atoms with E-state index < -0.39 is 0 Å². The Morgan fingerprint density at radius 2 is 0.864 bits per heavy atom. The molecule has 0 saturated carbocycles. The molecule has 0 aliphatic heterocycles. The Labute approximate surface area is 255 Å². The molecule has 2 nitrogen and oxygen atoms in total. The molecule has 0 fully saturated rings. The lowest BCUT2D eigenvalue weighted by atomic mass is 9.98. The number of nitrogens with zero attached hydrogens (tertiary/aromatic N) is 2. The highest BCUT2D eigenvalue weighted by Crippen LogP contribution is 2.41. The summed E-state index contributed by atoms with van der Waals surface area (Å²) in [5, 5.41) is 5.06. The van der Waals surface area contributed by atoms with Crippen LogP contribution in [0.1, 0.15) is 0 Å². The van der Waals surface area contributed by atoms with Crippen molar-refractivity contribution in [3.63, 3.8) is 0 Å². The van der Waals surface area contributed by atoms with Gasteiger partial charge in [0.2, 0.25) is 0 Å². The molecule has 2 heteroatoms. The van der Waals surface area contributed by atoms with Crippen molar-refractivity contribution in [3.05, 3.63) is 170 Å². The molecule has 0 bridgehead atoms. The van der Waals surface area contributed by atoms with Crippen molar-refractivity contribution in [2.75, 3.05) is 0 Å². The summed E-state index contributed by atoms with van der Waals surface area (Å²) >= 11 is 0. The van der Waals surface area contributed by atoms with Crippen LogP contribution in [0.15, 0.2) is 170 Å². The predicted molar refractivity (Wildman–Crippen MR) is 186 cm³/mol. The van der Waals surface area contributed by atoms with E-state index in [4.69, 9.17) is 0 Å². The van der Waals surface area contributed by atoms with Gasteiger partial charge in [-0.3, -0.25) is 0 Å². The van der Waals surface area contributed by atoms with Gasteiger partial charge in [0.25, 0.3) is 0 Å². The Morgan fingerprint density at radius 1 is 0.295 bits per heavy atom. The van der Waals surface area contributed by atoms with Crippen LogP contribution in [-0.2, 0) is 0 Å². The molecule has 9 rings (SSSR count). The minimum atomic E-state index is 1.16. The fourth-order valence-electron chi connectivity index (χ4n) is 6.99. The third-order valence-corrected chi connectivity index (χ3v) is 8.91. The lowest BCUT2D eigenvalue weighted by molar-refractivity contribution is 1.18. The lowest BCUT2D eigenvalue weighted by Gasteiger charge is -2.11. The minimum Gasteiger partial charge on any atom is -0.309 e. The van der Waals surface area contributed by atoms with Crippen LogP contribution < -0.4 is 0 Å². The highest BCUT2D eigenvalue weighted by atomic mass is 15.0. The van der Waals surface area contributed by atoms with Crippen LogP contribution in [0.5, 0.6) is 0 Å². The maximum absolute atomic E-state index is 2.42. The largest absolute Gasteiger partial charge is 0.309 e. The maximum atomic E-state index is 2.42. The van der Waals surface area contributed by atoms with Gasteiger partial charge in [-0.1, -0.05) is 115 Å². The Balaban J connectivity index is 1.29. The second-order valence-electron chi connectivity index (χ2n) is 11.4. The molecule has 0 N–H and O–H groups in total. The zero-order valence-electron chi connectivity index (χ0n) is 24.1. The number of hydrogen-bond acceptors (Lipinski definition) is 0. The molecule has 0 spiro atoms. The summed E-state index contributed by atoms with van der Waals surface area (Å²) in [6.45, 7) is 0. The zero-order chi connectivity index (χ0) is 29.0. The van der Waals surface area contributed by atoms with E-state index in [0.717, 1.165) is 5.69 Å². The third kappa shape index (κ3) is 3.75. The molecule has 0 amide bonds. The van der Waals surface area contributed by atoms with Gasteiger partial charge in [-0.25, -0.2) is 0 Å². The van der Waals surface area contributed by atoms with Crippen LogP contribution in [0.4, 0.5) is 0 Å². The van der Waals surface area contributed by atoms with Gasteiger partial charge >= 0.3 is 0 Å². The van der Waals surface area contributed by atoms with Crippen molar-refractivity contribution >= 4 is 43.6 Å². The quantitative estimate of drug-likeness (QED) is 0.203. The molecule has 0 unspecified atom stereocenters. The number of para-hydroxylation sites is 3. The molecule has 7 aromatic carbocycles. The summed E-state index contributed by atoms with van der Waals surface area (Å²) < 4.78 is 4.79. The van der Waals surface area contributed by atoms with Gasteiger partial charge in [-0.15, -0.1) is 0 Å². The maximum Gasteiger partial charge on any atom is 0.0547 e. The molecule has 44 heavy (non-hydrogen) atoms. The van der Waals surface area contributed by atoms with Crippen molar-refractivity contribution in [3.8, 4) is 33.6 Å². The minimum absolute atomic E-state index is 1.16. The summed E-state index contributed by atoms with van der Waals surface area (Å²) in [4.78, 5) is 0. The lowest BCUT2D eigenvalue weighted by Crippen LogP contribution is -1.94. The Bertz CT molecular complexity index is 2480. The summed E-state index contributed by atoms with van der Waals surface area (Å²) in [6, 6.07) is 61.4. The van der Waals surface area contributed by atoms with Crippen molar-refractivity contribution in [1.29, 1.82) is 0 Å². The van der Waals surface area contributed by atoms with Crippen LogP contribution in [0.2, 0.25) is 0 Å². The van der Waals surface area contributed by atoms with E-state index in [1.807, 2.05) is 0 Å². The summed E-state index contributed by atoms with van der Waals surface area (Å²) in [5.41, 5.74) is 12.1. The fourth-order valence-corrected chi connectivity index (χ4v) is 6.99. The van der Waals surface area contributed by atoms with Gasteiger partial charge in [0.15, 0.2) is 0 Å². The SMILES string of the molecule is c1ccc(-c2cccc(-n3c4ccccc4c4c(-c5ccc6c(c5)c5ccccc5n6-c5ccccc5)cccc43)c2)cc1. The molecule has 9 aromatic rings. The Morgan fingerprint density at radius 3 is 1.68 bits per heavy atom. The van der Waals surface area contributed by atoms with Crippen molar-refractivity contribution < 1.29 is 0 Å². The van der Waals surface area contributed by atoms with Crippen LogP contribution in [0, 0.1) is 0 Å². The molecule has 0 saturated heterocycles. The van der Waals surface area contributed by atoms with E-state index in [9.17, 15) is 0 Å². The summed E-state index contributed by atoms with van der Waals surface area (Å²) in [7, 11) is 0. The number of fused-ring (bicyclic) bond motifs is 6. The average molecular weight is 561 g/mol. The molecular weight excluding hydrogens is 532 g/mol. The monoisotopic (exact) mass is 560 g/mol. The smallest absolute Gasteiger partial charge is 0.0547 e. The van der Waals surface area contributed by atoms with Gasteiger partial charge in [0, 0.05) is 32.9 Å². The number of hydrogen-bond donors (Lipinski definition) is 0. The van der Waals surface area contributed by atoms with Gasteiger partial charge in [-0.2, -0.15) is 0 Å². The summed E-state index contributed by atoms with van der Waals surface area (Å²) in [5.74, 6) is 0. The predicted octanol–water partition coefficient (Wildman–Crippen LogP) is 11.2. The third-order valence-electron chi connectivity index (χ3n) is 8.91. The van der Waals surface area contributed by atoms with Gasteiger partial charge in [0.05, 0.1) is 22.1 Å². The number of aromatic nitrogens is 2. The highest BCUT2D eigenvalue weighted by molar-refractivity contribution is 6.17. The highest BCUT2D eigenvalue weighted by Gasteiger charge is 2.18. The first-order valence-electron chi connectivity index (χ1n) is 15.1. The second kappa shape index (κ2) is 9.86. The molecule has 0 atom stereocenters. The second-order valence-corrected chi connectivity index (χ2v) is 11.4. The van der Waals surface area contributed by atoms with Gasteiger partial charge in [0.1, 0.15) is 0 Å². The molecule has 0 aliphatic carbocycles. The first-order chi connectivity index (χ1) is 21.8. The van der Waals surface area contributed by atoms with Crippen LogP contribution in [-0.4, -0.2) is 9.13 Å². The van der Waals surface area contributed by atoms with E-state index >= 15 is 0 Å². The average Bonchev–Trinajstić information content (AvgIpc) is 3.62. The van der Waals surface area contributed by atoms with Crippen molar-refractivity contribution in [2.24, 2.45) is 0 Å². The standard InChI is InChI=1S/C42H28N2/c1-3-13-29(14-4-1)30-15-11-18-33(27-30)44-39-23-10-8-20-36(39)42-34(21-12-24-41(42)44)31-25-26-40-37(28-31)35-19-7-9-22-38(35)43(40)32-16-5-2-6-17-32/h1-28H. The number of rotatable bonds is 4. The van der Waals surface area contributed by atoms with Crippen LogP contribution >= 0.6 is 0 Å². The van der Waals surface area contributed by atoms with Crippen LogP contribution in [0.25, 0.3) is 77.2 Å². The zero-order valence-corrected chi connectivity index (χ0v) is 24.1. The van der Waals surface area contributed by atoms with Crippen molar-refractivity contribution in [2.45, 2.75) is 0 Å². The Hall–Kier alpha value is -5.86. The molecule has 2 aromatic heterocycles. The molecule has 0 aliphatic rings. The van der Waals surface area contributed by atoms with Gasteiger partial charge in [-0.05, 0) is 76.9 Å². The number of benzene rings is 7. The normalized spacial score (nSPS) is 11.6. The molecule has 2 heterocycles. The Kier molecular flexibility index (Phi) is 5.54. The summed E-state index contributed by atoms with van der Waals surface area (Å²) in [6.07, 6.45) is 0. The molecule has 0 radical (unpaired) electrons. The molecule has 206 valence electrons.